The quantitative estimate of drug-likeness (QED) is 0.488. The maximum absolute atomic E-state index is 14.9. The van der Waals surface area contributed by atoms with Gasteiger partial charge in [0.05, 0.1) is 17.4 Å². The fourth-order valence-electron chi connectivity index (χ4n) is 4.04. The van der Waals surface area contributed by atoms with Gasteiger partial charge in [0.25, 0.3) is 0 Å². The minimum atomic E-state index is -3.88. The first kappa shape index (κ1) is 20.5. The van der Waals surface area contributed by atoms with Crippen molar-refractivity contribution in [2.45, 2.75) is 23.3 Å². The van der Waals surface area contributed by atoms with E-state index in [2.05, 4.69) is 0 Å². The van der Waals surface area contributed by atoms with Crippen molar-refractivity contribution in [1.29, 1.82) is 0 Å². The van der Waals surface area contributed by atoms with E-state index in [1.807, 2.05) is 30.3 Å². The Bertz CT molecular complexity index is 1370. The molecule has 32 heavy (non-hydrogen) atoms. The normalized spacial score (nSPS) is 17.1. The van der Waals surface area contributed by atoms with E-state index in [1.165, 1.54) is 24.3 Å². The molecule has 0 radical (unpaired) electrons. The lowest BCUT2D eigenvalue weighted by Gasteiger charge is -2.25. The molecule has 1 unspecified atom stereocenters. The number of sulfonamides is 1. The molecule has 1 aliphatic heterocycles. The second kappa shape index (κ2) is 7.96. The molecule has 0 spiro atoms. The fourth-order valence-corrected chi connectivity index (χ4v) is 4.57. The van der Waals surface area contributed by atoms with Gasteiger partial charge in [-0.25, -0.2) is 17.9 Å². The van der Waals surface area contributed by atoms with Crippen LogP contribution in [-0.4, -0.2) is 21.1 Å². The van der Waals surface area contributed by atoms with E-state index in [0.717, 1.165) is 5.39 Å². The lowest BCUT2D eigenvalue weighted by Crippen LogP contribution is -2.27. The molecule has 0 fully saturated rings. The fraction of sp³-hybridized carbons (Fsp3) is 0.167. The molecule has 2 atom stereocenters. The van der Waals surface area contributed by atoms with Crippen molar-refractivity contribution in [1.82, 2.24) is 0 Å². The summed E-state index contributed by atoms with van der Waals surface area (Å²) >= 11 is 0. The topological polar surface area (TPSA) is 91.8 Å². The number of rotatable bonds is 4. The first-order valence-electron chi connectivity index (χ1n) is 10.1. The van der Waals surface area contributed by atoms with Crippen molar-refractivity contribution < 1.29 is 26.7 Å². The Labute approximate surface area is 184 Å². The van der Waals surface area contributed by atoms with Crippen LogP contribution in [0.25, 0.3) is 11.0 Å². The van der Waals surface area contributed by atoms with Crippen molar-refractivity contribution in [3.8, 4) is 11.5 Å². The van der Waals surface area contributed by atoms with Gasteiger partial charge in [-0.2, -0.15) is 0 Å². The molecular weight excluding hydrogens is 433 g/mol. The van der Waals surface area contributed by atoms with Crippen molar-refractivity contribution in [3.63, 3.8) is 0 Å². The minimum absolute atomic E-state index is 0.0683. The first-order chi connectivity index (χ1) is 15.4. The van der Waals surface area contributed by atoms with Crippen LogP contribution in [0.3, 0.4) is 0 Å². The molecule has 2 heterocycles. The molecule has 6 nitrogen and oxygen atoms in total. The second-order valence-electron chi connectivity index (χ2n) is 7.63. The third kappa shape index (κ3) is 3.83. The molecule has 1 aliphatic rings. The second-order valence-corrected chi connectivity index (χ2v) is 9.19. The molecule has 0 aliphatic carbocycles. The summed E-state index contributed by atoms with van der Waals surface area (Å²) in [6.07, 6.45) is -0.0934. The number of benzene rings is 3. The van der Waals surface area contributed by atoms with Gasteiger partial charge >= 0.3 is 0 Å². The molecule has 164 valence electrons. The summed E-state index contributed by atoms with van der Waals surface area (Å²) in [4.78, 5) is -0.0683. The van der Waals surface area contributed by atoms with Gasteiger partial charge < -0.3 is 13.9 Å². The van der Waals surface area contributed by atoms with Gasteiger partial charge in [-0.05, 0) is 30.3 Å². The maximum Gasteiger partial charge on any atom is 0.238 e. The van der Waals surface area contributed by atoms with Gasteiger partial charge in [-0.15, -0.1) is 0 Å². The predicted octanol–water partition coefficient (Wildman–Crippen LogP) is 4.58. The van der Waals surface area contributed by atoms with Gasteiger partial charge in [0.1, 0.15) is 23.3 Å². The number of nitrogens with two attached hydrogens (primary N) is 1. The van der Waals surface area contributed by atoms with Crippen LogP contribution in [-0.2, 0) is 10.0 Å². The highest BCUT2D eigenvalue weighted by atomic mass is 32.2. The Kier molecular flexibility index (Phi) is 5.11. The number of primary sulfonamides is 1. The molecule has 4 aromatic rings. The van der Waals surface area contributed by atoms with E-state index in [0.29, 0.717) is 29.1 Å². The summed E-state index contributed by atoms with van der Waals surface area (Å²) in [6, 6.07) is 20.2. The van der Waals surface area contributed by atoms with Crippen LogP contribution < -0.4 is 14.6 Å². The van der Waals surface area contributed by atoms with Crippen LogP contribution >= 0.6 is 0 Å². The summed E-state index contributed by atoms with van der Waals surface area (Å²) in [6.45, 7) is 0.247. The zero-order chi connectivity index (χ0) is 22.3. The van der Waals surface area contributed by atoms with E-state index in [4.69, 9.17) is 19.0 Å². The average Bonchev–Trinajstić information content (AvgIpc) is 3.07. The number of hydrogen-bond donors (Lipinski definition) is 1. The van der Waals surface area contributed by atoms with Crippen LogP contribution in [0, 0.1) is 5.82 Å². The molecule has 2 N–H and O–H groups in total. The molecule has 8 heteroatoms. The summed E-state index contributed by atoms with van der Waals surface area (Å²) in [5, 5.41) is 6.14. The molecule has 0 saturated heterocycles. The summed E-state index contributed by atoms with van der Waals surface area (Å²) in [5.74, 6) is 0.298. The van der Waals surface area contributed by atoms with E-state index in [1.54, 1.807) is 18.2 Å². The van der Waals surface area contributed by atoms with Crippen LogP contribution in [0.5, 0.6) is 11.5 Å². The standard InChI is InChI=1S/C24H20FNO5S/c25-18-7-3-2-6-17(18)24(23-13-15-5-1-4-8-19(15)30-23)21-11-12-29-22-14-16(32(26,27)28)9-10-20(22)31-21/h1-10,13-14,21,24H,11-12H2,(H2,26,27,28)/t21?,24-/m1/s1. The number of fused-ring (bicyclic) bond motifs is 2. The Morgan fingerprint density at radius 3 is 2.53 bits per heavy atom. The first-order valence-corrected chi connectivity index (χ1v) is 11.6. The largest absolute Gasteiger partial charge is 0.490 e. The number of halogens is 1. The van der Waals surface area contributed by atoms with Crippen LogP contribution in [0.4, 0.5) is 4.39 Å². The monoisotopic (exact) mass is 453 g/mol. The zero-order valence-electron chi connectivity index (χ0n) is 16.9. The van der Waals surface area contributed by atoms with Crippen LogP contribution in [0.15, 0.2) is 82.1 Å². The highest BCUT2D eigenvalue weighted by molar-refractivity contribution is 7.89. The number of ether oxygens (including phenoxy) is 2. The van der Waals surface area contributed by atoms with Gasteiger partial charge in [0, 0.05) is 23.4 Å². The van der Waals surface area contributed by atoms with Crippen LogP contribution in [0.1, 0.15) is 23.7 Å². The van der Waals surface area contributed by atoms with E-state index < -0.39 is 22.0 Å². The average molecular weight is 453 g/mol. The molecule has 3 aromatic carbocycles. The smallest absolute Gasteiger partial charge is 0.238 e. The molecule has 0 amide bonds. The zero-order valence-corrected chi connectivity index (χ0v) is 17.7. The Hall–Kier alpha value is -3.36. The van der Waals surface area contributed by atoms with Crippen molar-refractivity contribution in [2.75, 3.05) is 6.61 Å². The molecular formula is C24H20FNO5S. The molecule has 1 aromatic heterocycles. The highest BCUT2D eigenvalue weighted by Crippen LogP contribution is 2.40. The predicted molar refractivity (Wildman–Crippen MR) is 117 cm³/mol. The summed E-state index contributed by atoms with van der Waals surface area (Å²) in [5.41, 5.74) is 1.15. The third-order valence-corrected chi connectivity index (χ3v) is 6.46. The third-order valence-electron chi connectivity index (χ3n) is 5.55. The van der Waals surface area contributed by atoms with Gasteiger partial charge in [-0.1, -0.05) is 36.4 Å². The maximum atomic E-state index is 14.9. The van der Waals surface area contributed by atoms with E-state index in [-0.39, 0.29) is 23.1 Å². The number of furan rings is 1. The number of para-hydroxylation sites is 1. The summed E-state index contributed by atoms with van der Waals surface area (Å²) < 4.78 is 56.4. The molecule has 0 saturated carbocycles. The van der Waals surface area contributed by atoms with E-state index in [9.17, 15) is 12.8 Å². The lowest BCUT2D eigenvalue weighted by atomic mass is 9.88. The van der Waals surface area contributed by atoms with Gasteiger partial charge in [0.15, 0.2) is 11.5 Å². The minimum Gasteiger partial charge on any atom is -0.490 e. The number of hydrogen-bond acceptors (Lipinski definition) is 5. The summed E-state index contributed by atoms with van der Waals surface area (Å²) in [7, 11) is -3.88. The van der Waals surface area contributed by atoms with Crippen molar-refractivity contribution >= 4 is 21.0 Å². The highest BCUT2D eigenvalue weighted by Gasteiger charge is 2.34. The van der Waals surface area contributed by atoms with E-state index >= 15 is 0 Å². The van der Waals surface area contributed by atoms with Crippen molar-refractivity contribution in [2.24, 2.45) is 5.14 Å². The lowest BCUT2D eigenvalue weighted by molar-refractivity contribution is 0.163. The molecule has 0 bridgehead atoms. The van der Waals surface area contributed by atoms with Crippen molar-refractivity contribution in [3.05, 3.63) is 89.9 Å². The SMILES string of the molecule is NS(=O)(=O)c1ccc2c(c1)OCCC([C@H](c1cc3ccccc3o1)c1ccccc1F)O2. The van der Waals surface area contributed by atoms with Crippen LogP contribution in [0.2, 0.25) is 0 Å². The Morgan fingerprint density at radius 2 is 1.75 bits per heavy atom. The molecule has 5 rings (SSSR count). The van der Waals surface area contributed by atoms with Gasteiger partial charge in [-0.3, -0.25) is 0 Å². The van der Waals surface area contributed by atoms with Gasteiger partial charge in [0.2, 0.25) is 10.0 Å². The Balaban J connectivity index is 1.59. The Morgan fingerprint density at radius 1 is 0.969 bits per heavy atom.